The molecular formula is C24H25FN2O5S. The molecule has 1 aliphatic heterocycles. The quantitative estimate of drug-likeness (QED) is 0.457. The molecule has 0 aromatic heterocycles. The number of esters is 1. The van der Waals surface area contributed by atoms with Crippen molar-refractivity contribution in [2.24, 2.45) is 5.92 Å². The fourth-order valence-corrected chi connectivity index (χ4v) is 5.49. The van der Waals surface area contributed by atoms with Crippen LogP contribution in [0.1, 0.15) is 28.8 Å². The second kappa shape index (κ2) is 10.6. The van der Waals surface area contributed by atoms with Crippen molar-refractivity contribution in [1.29, 1.82) is 0 Å². The average Bonchev–Trinajstić information content (AvgIpc) is 2.84. The lowest BCUT2D eigenvalue weighted by molar-refractivity contribution is -0.136. The molecule has 1 heterocycles. The molecule has 1 aliphatic rings. The van der Waals surface area contributed by atoms with Crippen LogP contribution in [0.4, 0.5) is 4.39 Å². The van der Waals surface area contributed by atoms with Crippen LogP contribution < -0.4 is 0 Å². The number of amides is 1. The van der Waals surface area contributed by atoms with Crippen molar-refractivity contribution in [1.82, 2.24) is 9.21 Å². The molecule has 0 atom stereocenters. The first-order chi connectivity index (χ1) is 15.8. The van der Waals surface area contributed by atoms with Gasteiger partial charge in [0, 0.05) is 25.6 Å². The monoisotopic (exact) mass is 472 g/mol. The zero-order chi connectivity index (χ0) is 24.0. The Bertz CT molecular complexity index is 1150. The Labute approximate surface area is 193 Å². The van der Waals surface area contributed by atoms with E-state index in [1.54, 1.807) is 24.3 Å². The molecule has 2 aromatic carbocycles. The molecular weight excluding hydrogens is 447 g/mol. The van der Waals surface area contributed by atoms with E-state index >= 15 is 0 Å². The maximum Gasteiger partial charge on any atom is 0.339 e. The van der Waals surface area contributed by atoms with E-state index in [0.29, 0.717) is 12.8 Å². The Kier molecular flexibility index (Phi) is 7.84. The van der Waals surface area contributed by atoms with E-state index in [1.165, 1.54) is 40.6 Å². The van der Waals surface area contributed by atoms with Gasteiger partial charge in [-0.1, -0.05) is 30.2 Å². The number of nitrogens with zero attached hydrogens (tertiary/aromatic N) is 2. The predicted octanol–water partition coefficient (Wildman–Crippen LogP) is 2.68. The van der Waals surface area contributed by atoms with Crippen molar-refractivity contribution in [2.45, 2.75) is 24.3 Å². The van der Waals surface area contributed by atoms with Gasteiger partial charge in [-0.15, -0.1) is 6.42 Å². The molecule has 0 bridgehead atoms. The minimum Gasteiger partial charge on any atom is -0.465 e. The van der Waals surface area contributed by atoms with E-state index in [2.05, 4.69) is 5.92 Å². The maximum absolute atomic E-state index is 13.2. The van der Waals surface area contributed by atoms with E-state index in [1.807, 2.05) is 0 Å². The molecule has 3 rings (SSSR count). The number of methoxy groups -OCH3 is 1. The van der Waals surface area contributed by atoms with Crippen molar-refractivity contribution < 1.29 is 27.1 Å². The second-order valence-corrected chi connectivity index (χ2v) is 9.60. The molecule has 1 fully saturated rings. The van der Waals surface area contributed by atoms with Crippen LogP contribution in [-0.4, -0.2) is 56.2 Å². The smallest absolute Gasteiger partial charge is 0.339 e. The number of hydrogen-bond acceptors (Lipinski definition) is 5. The number of piperidine rings is 1. The zero-order valence-corrected chi connectivity index (χ0v) is 19.1. The van der Waals surface area contributed by atoms with Gasteiger partial charge in [0.1, 0.15) is 5.82 Å². The van der Waals surface area contributed by atoms with Crippen LogP contribution in [0.5, 0.6) is 0 Å². The van der Waals surface area contributed by atoms with Gasteiger partial charge >= 0.3 is 5.97 Å². The Hall–Kier alpha value is -3.22. The summed E-state index contributed by atoms with van der Waals surface area (Å²) in [6.45, 7) is 0.610. The van der Waals surface area contributed by atoms with Gasteiger partial charge in [0.05, 0.1) is 24.1 Å². The van der Waals surface area contributed by atoms with Gasteiger partial charge in [0.15, 0.2) is 0 Å². The van der Waals surface area contributed by atoms with E-state index in [-0.39, 0.29) is 54.3 Å². The number of ether oxygens (including phenoxy) is 1. The van der Waals surface area contributed by atoms with Gasteiger partial charge in [0.2, 0.25) is 15.9 Å². The predicted molar refractivity (Wildman–Crippen MR) is 120 cm³/mol. The highest BCUT2D eigenvalue weighted by atomic mass is 32.2. The van der Waals surface area contributed by atoms with Crippen LogP contribution in [-0.2, 0) is 26.1 Å². The molecule has 0 N–H and O–H groups in total. The van der Waals surface area contributed by atoms with Crippen LogP contribution in [0, 0.1) is 24.1 Å². The maximum atomic E-state index is 13.2. The Morgan fingerprint density at radius 1 is 1.15 bits per heavy atom. The number of carbonyl (C=O) groups is 2. The summed E-state index contributed by atoms with van der Waals surface area (Å²) in [5.41, 5.74) is 0.720. The van der Waals surface area contributed by atoms with E-state index in [9.17, 15) is 22.4 Å². The molecule has 0 radical (unpaired) electrons. The molecule has 7 nitrogen and oxygen atoms in total. The van der Waals surface area contributed by atoms with E-state index in [4.69, 9.17) is 11.2 Å². The minimum absolute atomic E-state index is 0.0299. The molecule has 1 amide bonds. The fraction of sp³-hybridized carbons (Fsp3) is 0.333. The highest BCUT2D eigenvalue weighted by Gasteiger charge is 2.35. The lowest BCUT2D eigenvalue weighted by Gasteiger charge is -2.33. The third-order valence-electron chi connectivity index (χ3n) is 5.59. The molecule has 0 aliphatic carbocycles. The van der Waals surface area contributed by atoms with E-state index < -0.39 is 16.0 Å². The largest absolute Gasteiger partial charge is 0.465 e. The molecule has 0 spiro atoms. The molecule has 0 unspecified atom stereocenters. The number of benzene rings is 2. The van der Waals surface area contributed by atoms with Crippen molar-refractivity contribution in [3.63, 3.8) is 0 Å². The van der Waals surface area contributed by atoms with E-state index in [0.717, 1.165) is 5.56 Å². The van der Waals surface area contributed by atoms with Crippen molar-refractivity contribution in [3.8, 4) is 12.3 Å². The summed E-state index contributed by atoms with van der Waals surface area (Å²) in [5.74, 6) is 0.830. The van der Waals surface area contributed by atoms with Gasteiger partial charge in [-0.3, -0.25) is 4.79 Å². The standard InChI is InChI=1S/C24H25FN2O5S/c1-3-14-26(17-18-8-10-20(25)11-9-18)23(28)19-12-15-27(16-13-19)33(30,31)22-7-5-4-6-21(22)24(29)32-2/h1,4-11,19H,12-17H2,2H3. The topological polar surface area (TPSA) is 84.0 Å². The molecule has 9 heteroatoms. The zero-order valence-electron chi connectivity index (χ0n) is 18.2. The van der Waals surface area contributed by atoms with Gasteiger partial charge in [-0.25, -0.2) is 17.6 Å². The Morgan fingerprint density at radius 2 is 1.79 bits per heavy atom. The summed E-state index contributed by atoms with van der Waals surface area (Å²) in [6.07, 6.45) is 6.08. The van der Waals surface area contributed by atoms with Gasteiger partial charge in [-0.2, -0.15) is 4.31 Å². The van der Waals surface area contributed by atoms with Crippen molar-refractivity contribution in [2.75, 3.05) is 26.7 Å². The number of carbonyl (C=O) groups excluding carboxylic acids is 2. The molecule has 33 heavy (non-hydrogen) atoms. The summed E-state index contributed by atoms with van der Waals surface area (Å²) in [6, 6.07) is 11.7. The first-order valence-electron chi connectivity index (χ1n) is 10.4. The van der Waals surface area contributed by atoms with Crippen LogP contribution in [0.2, 0.25) is 0 Å². The number of sulfonamides is 1. The summed E-state index contributed by atoms with van der Waals surface area (Å²) >= 11 is 0. The number of halogens is 1. The highest BCUT2D eigenvalue weighted by Crippen LogP contribution is 2.27. The molecule has 1 saturated heterocycles. The Morgan fingerprint density at radius 3 is 2.39 bits per heavy atom. The molecule has 174 valence electrons. The fourth-order valence-electron chi connectivity index (χ4n) is 3.84. The normalized spacial score (nSPS) is 14.9. The molecule has 0 saturated carbocycles. The first-order valence-corrected chi connectivity index (χ1v) is 11.9. The summed E-state index contributed by atoms with van der Waals surface area (Å²) in [4.78, 5) is 26.5. The third kappa shape index (κ3) is 5.59. The number of rotatable bonds is 7. The third-order valence-corrected chi connectivity index (χ3v) is 7.55. The molecule has 2 aromatic rings. The van der Waals surface area contributed by atoms with Crippen LogP contribution in [0.3, 0.4) is 0 Å². The number of terminal acetylenes is 1. The van der Waals surface area contributed by atoms with Crippen LogP contribution in [0.25, 0.3) is 0 Å². The lowest BCUT2D eigenvalue weighted by Crippen LogP contribution is -2.44. The highest BCUT2D eigenvalue weighted by molar-refractivity contribution is 7.89. The van der Waals surface area contributed by atoms with Crippen molar-refractivity contribution >= 4 is 21.9 Å². The summed E-state index contributed by atoms with van der Waals surface area (Å²) in [5, 5.41) is 0. The van der Waals surface area contributed by atoms with Gasteiger partial charge in [0.25, 0.3) is 0 Å². The van der Waals surface area contributed by atoms with Gasteiger partial charge < -0.3 is 9.64 Å². The van der Waals surface area contributed by atoms with Gasteiger partial charge in [-0.05, 0) is 42.7 Å². The minimum atomic E-state index is -3.94. The Balaban J connectivity index is 1.70. The first kappa shape index (κ1) is 24.4. The summed E-state index contributed by atoms with van der Waals surface area (Å²) < 4.78 is 45.5. The average molecular weight is 473 g/mol. The SMILES string of the molecule is C#CCN(Cc1ccc(F)cc1)C(=O)C1CCN(S(=O)(=O)c2ccccc2C(=O)OC)CC1. The van der Waals surface area contributed by atoms with Crippen LogP contribution >= 0.6 is 0 Å². The lowest BCUT2D eigenvalue weighted by atomic mass is 9.96. The number of hydrogen-bond donors (Lipinski definition) is 0. The summed E-state index contributed by atoms with van der Waals surface area (Å²) in [7, 11) is -2.75. The second-order valence-electron chi connectivity index (χ2n) is 7.69. The van der Waals surface area contributed by atoms with Crippen molar-refractivity contribution in [3.05, 3.63) is 65.5 Å². The van der Waals surface area contributed by atoms with Crippen LogP contribution in [0.15, 0.2) is 53.4 Å².